The van der Waals surface area contributed by atoms with Gasteiger partial charge in [0, 0.05) is 6.42 Å². The summed E-state index contributed by atoms with van der Waals surface area (Å²) in [7, 11) is 0. The van der Waals surface area contributed by atoms with Crippen molar-refractivity contribution < 1.29 is 31.9 Å². The molecule has 3 atom stereocenters. The van der Waals surface area contributed by atoms with Crippen molar-refractivity contribution in [3.05, 3.63) is 35.4 Å². The van der Waals surface area contributed by atoms with Crippen molar-refractivity contribution in [1.29, 1.82) is 0 Å². The van der Waals surface area contributed by atoms with E-state index in [1.807, 2.05) is 0 Å². The number of carboxylic acid groups (broad SMARTS) is 1. The molecule has 1 aromatic rings. The van der Waals surface area contributed by atoms with Gasteiger partial charge in [-0.15, -0.1) is 0 Å². The molecule has 23 heavy (non-hydrogen) atoms. The Bertz CT molecular complexity index is 593. The zero-order valence-electron chi connectivity index (χ0n) is 12.6. The van der Waals surface area contributed by atoms with Gasteiger partial charge in [0.2, 0.25) is 0 Å². The summed E-state index contributed by atoms with van der Waals surface area (Å²) in [5.41, 5.74) is -1.85. The maximum absolute atomic E-state index is 13.1. The summed E-state index contributed by atoms with van der Waals surface area (Å²) < 4.78 is 65.5. The second kappa shape index (κ2) is 5.46. The SMILES string of the molecule is CCC(C(=O)O)(c1ccc(C2CC2(F)F)cc1)[C@@H](C)C(F)(F)F. The number of hydrogen-bond donors (Lipinski definition) is 1. The quantitative estimate of drug-likeness (QED) is 0.789. The van der Waals surface area contributed by atoms with Crippen LogP contribution in [-0.2, 0) is 10.2 Å². The third kappa shape index (κ3) is 2.93. The predicted molar refractivity (Wildman–Crippen MR) is 73.6 cm³/mol. The van der Waals surface area contributed by atoms with Gasteiger partial charge in [0.25, 0.3) is 5.92 Å². The van der Waals surface area contributed by atoms with Crippen LogP contribution in [0.15, 0.2) is 24.3 Å². The topological polar surface area (TPSA) is 37.3 Å². The van der Waals surface area contributed by atoms with Gasteiger partial charge >= 0.3 is 12.1 Å². The molecule has 0 amide bonds. The van der Waals surface area contributed by atoms with Gasteiger partial charge in [0.1, 0.15) is 5.41 Å². The standard InChI is InChI=1S/C16H17F5O2/c1-3-14(13(22)23,9(2)16(19,20)21)11-6-4-10(5-7-11)12-8-15(12,17)18/h4-7,9,12H,3,8H2,1-2H3,(H,22,23)/t9-,12?,14?/m1/s1. The summed E-state index contributed by atoms with van der Waals surface area (Å²) in [6.45, 7) is 2.21. The number of halogens is 5. The van der Waals surface area contributed by atoms with Gasteiger partial charge in [-0.1, -0.05) is 38.1 Å². The Kier molecular flexibility index (Phi) is 4.20. The van der Waals surface area contributed by atoms with Crippen LogP contribution in [0.1, 0.15) is 43.7 Å². The van der Waals surface area contributed by atoms with E-state index in [2.05, 4.69) is 0 Å². The van der Waals surface area contributed by atoms with E-state index >= 15 is 0 Å². The number of rotatable bonds is 5. The molecule has 0 radical (unpaired) electrons. The molecule has 1 aliphatic carbocycles. The molecule has 0 aromatic heterocycles. The summed E-state index contributed by atoms with van der Waals surface area (Å²) in [5, 5.41) is 9.46. The second-order valence-electron chi connectivity index (χ2n) is 6.03. The van der Waals surface area contributed by atoms with Gasteiger partial charge in [-0.3, -0.25) is 4.79 Å². The Morgan fingerprint density at radius 3 is 2.09 bits per heavy atom. The number of aliphatic carboxylic acids is 1. The minimum absolute atomic E-state index is 0.0231. The first-order chi connectivity index (χ1) is 10.5. The predicted octanol–water partition coefficient (Wildman–Crippen LogP) is 4.74. The van der Waals surface area contributed by atoms with Crippen LogP contribution in [0, 0.1) is 5.92 Å². The maximum atomic E-state index is 13.1. The van der Waals surface area contributed by atoms with E-state index in [0.29, 0.717) is 5.56 Å². The molecule has 1 aromatic carbocycles. The summed E-state index contributed by atoms with van der Waals surface area (Å²) >= 11 is 0. The van der Waals surface area contributed by atoms with Crippen molar-refractivity contribution in [1.82, 2.24) is 0 Å². The molecule has 0 aliphatic heterocycles. The normalized spacial score (nSPS) is 23.9. The van der Waals surface area contributed by atoms with E-state index in [-0.39, 0.29) is 18.4 Å². The highest BCUT2D eigenvalue weighted by molar-refractivity contribution is 5.82. The number of alkyl halides is 5. The number of carbonyl (C=O) groups is 1. The highest BCUT2D eigenvalue weighted by atomic mass is 19.4. The molecule has 0 saturated heterocycles. The minimum Gasteiger partial charge on any atom is -0.481 e. The van der Waals surface area contributed by atoms with Crippen LogP contribution in [-0.4, -0.2) is 23.2 Å². The smallest absolute Gasteiger partial charge is 0.392 e. The monoisotopic (exact) mass is 336 g/mol. The molecule has 128 valence electrons. The highest BCUT2D eigenvalue weighted by Gasteiger charge is 2.58. The average Bonchev–Trinajstić information content (AvgIpc) is 3.08. The van der Waals surface area contributed by atoms with Gasteiger partial charge < -0.3 is 5.11 Å². The summed E-state index contributed by atoms with van der Waals surface area (Å²) in [6.07, 6.45) is -5.23. The van der Waals surface area contributed by atoms with Crippen molar-refractivity contribution in [2.75, 3.05) is 0 Å². The first-order valence-corrected chi connectivity index (χ1v) is 7.25. The van der Waals surface area contributed by atoms with Gasteiger partial charge in [0.15, 0.2) is 0 Å². The summed E-state index contributed by atoms with van der Waals surface area (Å²) in [4.78, 5) is 11.7. The van der Waals surface area contributed by atoms with Crippen molar-refractivity contribution >= 4 is 5.97 Å². The van der Waals surface area contributed by atoms with Crippen molar-refractivity contribution in [2.45, 2.75) is 50.1 Å². The summed E-state index contributed by atoms with van der Waals surface area (Å²) in [6, 6.07) is 5.06. The van der Waals surface area contributed by atoms with Crippen LogP contribution in [0.4, 0.5) is 22.0 Å². The maximum Gasteiger partial charge on any atom is 0.392 e. The van der Waals surface area contributed by atoms with Crippen LogP contribution < -0.4 is 0 Å². The van der Waals surface area contributed by atoms with E-state index in [1.165, 1.54) is 31.2 Å². The van der Waals surface area contributed by atoms with Crippen LogP contribution in [0.5, 0.6) is 0 Å². The lowest BCUT2D eigenvalue weighted by atomic mass is 9.68. The van der Waals surface area contributed by atoms with E-state index in [1.54, 1.807) is 0 Å². The van der Waals surface area contributed by atoms with E-state index < -0.39 is 35.3 Å². The van der Waals surface area contributed by atoms with Crippen LogP contribution in [0.3, 0.4) is 0 Å². The van der Waals surface area contributed by atoms with Crippen LogP contribution >= 0.6 is 0 Å². The van der Waals surface area contributed by atoms with E-state index in [0.717, 1.165) is 6.92 Å². The Labute approximate surface area is 130 Å². The highest BCUT2D eigenvalue weighted by Crippen LogP contribution is 2.56. The van der Waals surface area contributed by atoms with Crippen LogP contribution in [0.25, 0.3) is 0 Å². The number of hydrogen-bond acceptors (Lipinski definition) is 1. The van der Waals surface area contributed by atoms with Gasteiger partial charge in [-0.05, 0) is 17.5 Å². The fraction of sp³-hybridized carbons (Fsp3) is 0.562. The van der Waals surface area contributed by atoms with Gasteiger partial charge in [-0.25, -0.2) is 8.78 Å². The zero-order valence-corrected chi connectivity index (χ0v) is 12.6. The van der Waals surface area contributed by atoms with E-state index in [4.69, 9.17) is 0 Å². The fourth-order valence-electron chi connectivity index (χ4n) is 3.09. The first kappa shape index (κ1) is 17.7. The molecule has 0 heterocycles. The molecule has 1 fully saturated rings. The molecule has 0 bridgehead atoms. The molecular weight excluding hydrogens is 319 g/mol. The third-order valence-electron chi connectivity index (χ3n) is 4.82. The fourth-order valence-corrected chi connectivity index (χ4v) is 3.09. The molecule has 1 saturated carbocycles. The van der Waals surface area contributed by atoms with Crippen molar-refractivity contribution in [3.63, 3.8) is 0 Å². The van der Waals surface area contributed by atoms with Crippen molar-refractivity contribution in [2.24, 2.45) is 5.92 Å². The molecular formula is C16H17F5O2. The molecule has 2 nitrogen and oxygen atoms in total. The van der Waals surface area contributed by atoms with Gasteiger partial charge in [-0.2, -0.15) is 13.2 Å². The second-order valence-corrected chi connectivity index (χ2v) is 6.03. The summed E-state index contributed by atoms with van der Waals surface area (Å²) in [5.74, 6) is -7.40. The molecule has 7 heteroatoms. The lowest BCUT2D eigenvalue weighted by Crippen LogP contribution is -2.47. The Morgan fingerprint density at radius 2 is 1.78 bits per heavy atom. The first-order valence-electron chi connectivity index (χ1n) is 7.25. The third-order valence-corrected chi connectivity index (χ3v) is 4.82. The van der Waals surface area contributed by atoms with Crippen molar-refractivity contribution in [3.8, 4) is 0 Å². The molecule has 1 aliphatic rings. The average molecular weight is 336 g/mol. The van der Waals surface area contributed by atoms with Gasteiger partial charge in [0.05, 0.1) is 11.8 Å². The zero-order chi connectivity index (χ0) is 17.6. The molecule has 1 N–H and O–H groups in total. The lowest BCUT2D eigenvalue weighted by molar-refractivity contribution is -0.198. The molecule has 2 unspecified atom stereocenters. The minimum atomic E-state index is -4.68. The largest absolute Gasteiger partial charge is 0.481 e. The molecule has 2 rings (SSSR count). The lowest BCUT2D eigenvalue weighted by Gasteiger charge is -2.36. The Hall–Kier alpha value is -1.66. The Morgan fingerprint density at radius 1 is 1.30 bits per heavy atom. The van der Waals surface area contributed by atoms with E-state index in [9.17, 15) is 31.9 Å². The Balaban J connectivity index is 2.43. The number of carboxylic acids is 1. The van der Waals surface area contributed by atoms with Crippen LogP contribution in [0.2, 0.25) is 0 Å². The molecule has 0 spiro atoms. The number of benzene rings is 1.